The molecule has 0 N–H and O–H groups in total. The summed E-state index contributed by atoms with van der Waals surface area (Å²) in [6.45, 7) is 7.34. The topological polar surface area (TPSA) is 0 Å². The molecule has 0 spiro atoms. The van der Waals surface area contributed by atoms with E-state index in [1.54, 1.807) is 11.1 Å². The number of benzene rings is 3. The van der Waals surface area contributed by atoms with Gasteiger partial charge in [0.25, 0.3) is 0 Å². The van der Waals surface area contributed by atoms with Crippen molar-refractivity contribution >= 4 is 22.8 Å². The van der Waals surface area contributed by atoms with Crippen LogP contribution in [0.4, 0.5) is 0 Å². The maximum atomic E-state index is 2.50. The molecular weight excluding hydrogens is 454 g/mol. The first-order valence-electron chi connectivity index (χ1n) is 8.51. The quantitative estimate of drug-likeness (QED) is 0.479. The third-order valence-corrected chi connectivity index (χ3v) is 13.9. The van der Waals surface area contributed by atoms with Gasteiger partial charge in [-0.2, -0.15) is 0 Å². The van der Waals surface area contributed by atoms with Gasteiger partial charge < -0.3 is 24.8 Å². The monoisotopic (exact) mass is 473 g/mol. The van der Waals surface area contributed by atoms with E-state index in [1.165, 1.54) is 27.5 Å². The summed E-state index contributed by atoms with van der Waals surface area (Å²) in [5.74, 6) is -0.0736. The molecule has 0 amide bonds. The van der Waals surface area contributed by atoms with Gasteiger partial charge in [-0.25, -0.2) is 0 Å². The first kappa shape index (κ1) is 21.6. The summed E-state index contributed by atoms with van der Waals surface area (Å²) in [6.07, 6.45) is 2.47. The average Bonchev–Trinajstić information content (AvgIpc) is 2.90. The Morgan fingerprint density at radius 1 is 0.808 bits per heavy atom. The van der Waals surface area contributed by atoms with E-state index in [0.29, 0.717) is 0 Å². The van der Waals surface area contributed by atoms with Crippen LogP contribution in [0.5, 0.6) is 0 Å². The van der Waals surface area contributed by atoms with E-state index in [2.05, 4.69) is 86.8 Å². The smallest absolute Gasteiger partial charge is 1.00 e. The van der Waals surface area contributed by atoms with E-state index in [9.17, 15) is 0 Å². The molecule has 0 saturated carbocycles. The molecule has 1 unspecified atom stereocenters. The van der Waals surface area contributed by atoms with E-state index < -0.39 is 0 Å². The van der Waals surface area contributed by atoms with Crippen LogP contribution in [0.25, 0.3) is 28.0 Å². The largest absolute Gasteiger partial charge is 1.00 e. The molecule has 3 aromatic rings. The minimum atomic E-state index is -0.344. The maximum absolute atomic E-state index is 2.50. The molecule has 0 aliphatic heterocycles. The molecule has 26 heavy (non-hydrogen) atoms. The SMILES string of the molecule is CC1=Cc2c(-c3cccc4ccccc34)cccc2[CH]1[Zr+2][Si](C)C.[Cl-].[Cl-]. The summed E-state index contributed by atoms with van der Waals surface area (Å²) >= 11 is -0.344. The van der Waals surface area contributed by atoms with Crippen molar-refractivity contribution in [1.82, 2.24) is 0 Å². The Bertz CT molecular complexity index is 945. The van der Waals surface area contributed by atoms with Crippen LogP contribution in [-0.2, 0) is 22.4 Å². The van der Waals surface area contributed by atoms with Crippen molar-refractivity contribution in [3.8, 4) is 11.1 Å². The van der Waals surface area contributed by atoms with Crippen LogP contribution in [0, 0.1) is 0 Å². The first-order valence-corrected chi connectivity index (χ1v) is 16.1. The van der Waals surface area contributed by atoms with Crippen molar-refractivity contribution in [2.24, 2.45) is 0 Å². The number of hydrogen-bond acceptors (Lipinski definition) is 0. The van der Waals surface area contributed by atoms with Gasteiger partial charge in [-0.05, 0) is 0 Å². The van der Waals surface area contributed by atoms with Gasteiger partial charge in [-0.3, -0.25) is 0 Å². The maximum Gasteiger partial charge on any atom is -1.00 e. The summed E-state index contributed by atoms with van der Waals surface area (Å²) < 4.78 is 0.794. The van der Waals surface area contributed by atoms with Gasteiger partial charge in [0.15, 0.2) is 0 Å². The minimum absolute atomic E-state index is 0. The molecule has 3 aromatic carbocycles. The van der Waals surface area contributed by atoms with Crippen molar-refractivity contribution in [2.45, 2.75) is 23.6 Å². The third kappa shape index (κ3) is 3.94. The summed E-state index contributed by atoms with van der Waals surface area (Å²) in [5, 5.41) is 2.69. The molecule has 4 rings (SSSR count). The fourth-order valence-electron chi connectivity index (χ4n) is 3.73. The average molecular weight is 476 g/mol. The molecule has 131 valence electrons. The van der Waals surface area contributed by atoms with Crippen LogP contribution in [0.2, 0.25) is 13.1 Å². The van der Waals surface area contributed by atoms with Gasteiger partial charge in [0.1, 0.15) is 0 Å². The van der Waals surface area contributed by atoms with Crippen LogP contribution in [0.15, 0.2) is 66.2 Å². The Morgan fingerprint density at radius 2 is 1.46 bits per heavy atom. The molecule has 0 fully saturated rings. The normalized spacial score (nSPS) is 14.9. The Morgan fingerprint density at radius 3 is 2.23 bits per heavy atom. The van der Waals surface area contributed by atoms with Crippen LogP contribution in [0.1, 0.15) is 21.7 Å². The van der Waals surface area contributed by atoms with E-state index in [-0.39, 0.29) is 53.1 Å². The number of rotatable bonds is 3. The van der Waals surface area contributed by atoms with Crippen molar-refractivity contribution in [2.75, 3.05) is 0 Å². The van der Waals surface area contributed by atoms with E-state index in [1.807, 2.05) is 0 Å². The van der Waals surface area contributed by atoms with Gasteiger partial charge in [0.05, 0.1) is 0 Å². The molecule has 1 aliphatic rings. The predicted octanol–water partition coefficient (Wildman–Crippen LogP) is 0.306. The van der Waals surface area contributed by atoms with Crippen molar-refractivity contribution < 1.29 is 47.2 Å². The summed E-state index contributed by atoms with van der Waals surface area (Å²) in [4.78, 5) is 0. The summed E-state index contributed by atoms with van der Waals surface area (Å²) in [6, 6.07) is 22.4. The molecule has 1 aliphatic carbocycles. The second-order valence-electron chi connectivity index (χ2n) is 6.80. The Labute approximate surface area is 181 Å². The van der Waals surface area contributed by atoms with Crippen LogP contribution >= 0.6 is 0 Å². The van der Waals surface area contributed by atoms with Gasteiger partial charge in [-0.1, -0.05) is 0 Å². The zero-order chi connectivity index (χ0) is 16.7. The molecule has 1 radical (unpaired) electrons. The number of fused-ring (bicyclic) bond motifs is 2. The van der Waals surface area contributed by atoms with Crippen LogP contribution in [0.3, 0.4) is 0 Å². The summed E-state index contributed by atoms with van der Waals surface area (Å²) in [7, 11) is 0. The Kier molecular flexibility index (Phi) is 7.51. The molecule has 0 bridgehead atoms. The van der Waals surface area contributed by atoms with E-state index in [0.717, 1.165) is 3.63 Å². The van der Waals surface area contributed by atoms with Gasteiger partial charge >= 0.3 is 157 Å². The minimum Gasteiger partial charge on any atom is -1.00 e. The van der Waals surface area contributed by atoms with Crippen LogP contribution < -0.4 is 24.8 Å². The second kappa shape index (κ2) is 9.02. The van der Waals surface area contributed by atoms with Gasteiger partial charge in [0.2, 0.25) is 0 Å². The fourth-order valence-corrected chi connectivity index (χ4v) is 12.6. The number of allylic oxidation sites excluding steroid dienone is 1. The van der Waals surface area contributed by atoms with Gasteiger partial charge in [-0.15, -0.1) is 0 Å². The standard InChI is InChI=1S/C20H15.C2H6Si.2ClH.Zr/c1-14-12-16-8-5-11-19(20(16)13-14)18-10-4-7-15-6-2-3-9-17(15)18;1-3-2;;;/h2-13H,1H3;1-2H3;2*1H;/q;;;;+2/p-2. The third-order valence-electron chi connectivity index (χ3n) is 4.79. The fraction of sp³-hybridized carbons (Fsp3) is 0.182. The van der Waals surface area contributed by atoms with E-state index >= 15 is 0 Å². The summed E-state index contributed by atoms with van der Waals surface area (Å²) in [5.41, 5.74) is 7.48. The van der Waals surface area contributed by atoms with Crippen molar-refractivity contribution in [3.63, 3.8) is 0 Å². The second-order valence-corrected chi connectivity index (χ2v) is 20.0. The molecule has 0 saturated heterocycles. The molecule has 4 heteroatoms. The molecule has 1 atom stereocenters. The van der Waals surface area contributed by atoms with Crippen molar-refractivity contribution in [3.05, 3.63) is 77.4 Å². The zero-order valence-corrected chi connectivity index (χ0v) is 20.2. The number of halogens is 2. The van der Waals surface area contributed by atoms with Crippen molar-refractivity contribution in [1.29, 1.82) is 0 Å². The Balaban J connectivity index is 0.00000121. The molecule has 0 aromatic heterocycles. The van der Waals surface area contributed by atoms with E-state index in [4.69, 9.17) is 0 Å². The predicted molar refractivity (Wildman–Crippen MR) is 103 cm³/mol. The van der Waals surface area contributed by atoms with Gasteiger partial charge in [0, 0.05) is 0 Å². The molecular formula is C22H21Cl2SiZr. The molecule has 0 nitrogen and oxygen atoms in total. The number of hydrogen-bond donors (Lipinski definition) is 0. The Hall–Kier alpha value is -0.660. The first-order chi connectivity index (χ1) is 11.6. The van der Waals surface area contributed by atoms with Crippen LogP contribution in [-0.4, -0.2) is 5.92 Å². The zero-order valence-electron chi connectivity index (χ0n) is 15.2. The molecule has 0 heterocycles.